The van der Waals surface area contributed by atoms with Gasteiger partial charge < -0.3 is 10.4 Å². The molecule has 2 aliphatic rings. The van der Waals surface area contributed by atoms with Crippen molar-refractivity contribution in [3.63, 3.8) is 0 Å². The third-order valence-corrected chi connectivity index (χ3v) is 3.90. The van der Waals surface area contributed by atoms with Crippen LogP contribution in [0.1, 0.15) is 25.7 Å². The minimum absolute atomic E-state index is 0.0264. The number of carbonyl (C=O) groups is 2. The summed E-state index contributed by atoms with van der Waals surface area (Å²) in [4.78, 5) is 22.3. The van der Waals surface area contributed by atoms with Crippen LogP contribution in [0.25, 0.3) is 0 Å². The van der Waals surface area contributed by atoms with Crippen LogP contribution in [0.15, 0.2) is 0 Å². The highest BCUT2D eigenvalue weighted by Gasteiger charge is 2.29. The molecule has 90 valence electrons. The van der Waals surface area contributed by atoms with E-state index >= 15 is 0 Å². The molecule has 1 heterocycles. The predicted molar refractivity (Wildman–Crippen MR) is 61.2 cm³/mol. The summed E-state index contributed by atoms with van der Waals surface area (Å²) in [5.41, 5.74) is 0. The number of hydrogen-bond donors (Lipinski definition) is 3. The third-order valence-electron chi connectivity index (χ3n) is 2.72. The molecule has 0 aromatic carbocycles. The Bertz CT molecular complexity index is 294. The molecule has 2 fully saturated rings. The second-order valence-electron chi connectivity index (χ2n) is 4.25. The first-order chi connectivity index (χ1) is 7.65. The molecule has 1 saturated carbocycles. The zero-order valence-corrected chi connectivity index (χ0v) is 9.76. The van der Waals surface area contributed by atoms with Crippen molar-refractivity contribution in [2.24, 2.45) is 0 Å². The third kappa shape index (κ3) is 3.38. The van der Waals surface area contributed by atoms with E-state index in [0.29, 0.717) is 18.9 Å². The molecule has 1 saturated heterocycles. The number of aliphatic carboxylic acids is 1. The van der Waals surface area contributed by atoms with Crippen LogP contribution in [0.5, 0.6) is 0 Å². The van der Waals surface area contributed by atoms with Crippen molar-refractivity contribution in [3.05, 3.63) is 0 Å². The first-order valence-electron chi connectivity index (χ1n) is 5.55. The lowest BCUT2D eigenvalue weighted by atomic mass is 10.2. The van der Waals surface area contributed by atoms with Crippen molar-refractivity contribution < 1.29 is 14.7 Å². The Morgan fingerprint density at radius 2 is 2.12 bits per heavy atom. The highest BCUT2D eigenvalue weighted by Crippen LogP contribution is 2.22. The molecule has 6 heteroatoms. The molecule has 0 bridgehead atoms. The van der Waals surface area contributed by atoms with Gasteiger partial charge in [-0.2, -0.15) is 0 Å². The van der Waals surface area contributed by atoms with Gasteiger partial charge in [-0.1, -0.05) is 0 Å². The Morgan fingerprint density at radius 1 is 1.38 bits per heavy atom. The summed E-state index contributed by atoms with van der Waals surface area (Å²) in [6.45, 7) is 0. The Kier molecular flexibility index (Phi) is 3.70. The van der Waals surface area contributed by atoms with Crippen molar-refractivity contribution in [2.45, 2.75) is 43.1 Å². The Morgan fingerprint density at radius 3 is 2.75 bits per heavy atom. The quantitative estimate of drug-likeness (QED) is 0.656. The van der Waals surface area contributed by atoms with Gasteiger partial charge in [0.1, 0.15) is 6.04 Å². The highest BCUT2D eigenvalue weighted by atomic mass is 32.2. The summed E-state index contributed by atoms with van der Waals surface area (Å²) < 4.78 is 0. The smallest absolute Gasteiger partial charge is 0.320 e. The molecule has 0 radical (unpaired) electrons. The maximum atomic E-state index is 11.5. The Hall–Kier alpha value is -0.750. The van der Waals surface area contributed by atoms with E-state index in [1.165, 1.54) is 0 Å². The first kappa shape index (κ1) is 11.7. The van der Waals surface area contributed by atoms with E-state index < -0.39 is 12.0 Å². The van der Waals surface area contributed by atoms with Crippen LogP contribution < -0.4 is 10.6 Å². The van der Waals surface area contributed by atoms with Gasteiger partial charge in [0.25, 0.3) is 0 Å². The van der Waals surface area contributed by atoms with E-state index in [9.17, 15) is 9.59 Å². The number of amides is 1. The summed E-state index contributed by atoms with van der Waals surface area (Å²) in [6.07, 6.45) is 3.15. The number of hydrogen-bond acceptors (Lipinski definition) is 4. The molecule has 2 rings (SSSR count). The Balaban J connectivity index is 1.75. The Labute approximate surface area is 98.4 Å². The van der Waals surface area contributed by atoms with Crippen molar-refractivity contribution in [2.75, 3.05) is 5.75 Å². The molecule has 0 aromatic rings. The minimum atomic E-state index is -0.826. The molecule has 0 spiro atoms. The standard InChI is InChI=1S/C10H16N2O3S/c13-8(11-6-1-2-6)5-9-12-7(10(14)15)3-4-16-9/h6-7,9,12H,1-5H2,(H,11,13)(H,14,15). The lowest BCUT2D eigenvalue weighted by Gasteiger charge is -2.27. The summed E-state index contributed by atoms with van der Waals surface area (Å²) in [7, 11) is 0. The molecule has 16 heavy (non-hydrogen) atoms. The van der Waals surface area contributed by atoms with Crippen LogP contribution in [0.2, 0.25) is 0 Å². The molecular formula is C10H16N2O3S. The number of nitrogens with one attached hydrogen (secondary N) is 2. The van der Waals surface area contributed by atoms with E-state index in [1.807, 2.05) is 0 Å². The van der Waals surface area contributed by atoms with E-state index in [1.54, 1.807) is 11.8 Å². The zero-order chi connectivity index (χ0) is 11.5. The maximum Gasteiger partial charge on any atom is 0.320 e. The number of rotatable bonds is 4. The average molecular weight is 244 g/mol. The van der Waals surface area contributed by atoms with Crippen molar-refractivity contribution in [3.8, 4) is 0 Å². The fraction of sp³-hybridized carbons (Fsp3) is 0.800. The van der Waals surface area contributed by atoms with Gasteiger partial charge in [-0.05, 0) is 25.0 Å². The molecule has 2 atom stereocenters. The van der Waals surface area contributed by atoms with E-state index in [0.717, 1.165) is 18.6 Å². The van der Waals surface area contributed by atoms with Crippen LogP contribution in [0.3, 0.4) is 0 Å². The number of carbonyl (C=O) groups excluding carboxylic acids is 1. The van der Waals surface area contributed by atoms with Gasteiger partial charge in [0, 0.05) is 6.04 Å². The van der Waals surface area contributed by atoms with Crippen LogP contribution in [-0.2, 0) is 9.59 Å². The fourth-order valence-corrected chi connectivity index (χ4v) is 2.87. The molecule has 1 aliphatic heterocycles. The number of carboxylic acid groups (broad SMARTS) is 1. The van der Waals surface area contributed by atoms with Gasteiger partial charge in [-0.3, -0.25) is 14.9 Å². The van der Waals surface area contributed by atoms with Gasteiger partial charge in [0.2, 0.25) is 5.91 Å². The summed E-state index contributed by atoms with van der Waals surface area (Å²) in [5.74, 6) is -0.00263. The lowest BCUT2D eigenvalue weighted by molar-refractivity contribution is -0.139. The van der Waals surface area contributed by atoms with Crippen LogP contribution in [-0.4, -0.2) is 40.2 Å². The lowest BCUT2D eigenvalue weighted by Crippen LogP contribution is -2.47. The zero-order valence-electron chi connectivity index (χ0n) is 8.94. The highest BCUT2D eigenvalue weighted by molar-refractivity contribution is 7.99. The average Bonchev–Trinajstić information content (AvgIpc) is 3.01. The minimum Gasteiger partial charge on any atom is -0.480 e. The molecule has 3 N–H and O–H groups in total. The van der Waals surface area contributed by atoms with Crippen LogP contribution in [0, 0.1) is 0 Å². The largest absolute Gasteiger partial charge is 0.480 e. The van der Waals surface area contributed by atoms with Gasteiger partial charge in [0.15, 0.2) is 0 Å². The van der Waals surface area contributed by atoms with Crippen LogP contribution in [0.4, 0.5) is 0 Å². The topological polar surface area (TPSA) is 78.4 Å². The SMILES string of the molecule is O=C(CC1NC(C(=O)O)CCS1)NC1CC1. The normalized spacial score (nSPS) is 29.8. The summed E-state index contributed by atoms with van der Waals surface area (Å²) in [6, 6.07) is -0.128. The maximum absolute atomic E-state index is 11.5. The molecular weight excluding hydrogens is 228 g/mol. The van der Waals surface area contributed by atoms with Crippen molar-refractivity contribution in [1.82, 2.24) is 10.6 Å². The van der Waals surface area contributed by atoms with Gasteiger partial charge in [-0.15, -0.1) is 11.8 Å². The monoisotopic (exact) mass is 244 g/mol. The van der Waals surface area contributed by atoms with Crippen LogP contribution >= 0.6 is 11.8 Å². The van der Waals surface area contributed by atoms with Gasteiger partial charge in [0.05, 0.1) is 11.8 Å². The van der Waals surface area contributed by atoms with Gasteiger partial charge in [-0.25, -0.2) is 0 Å². The molecule has 0 aromatic heterocycles. The molecule has 1 aliphatic carbocycles. The van der Waals surface area contributed by atoms with E-state index in [4.69, 9.17) is 5.11 Å². The molecule has 2 unspecified atom stereocenters. The summed E-state index contributed by atoms with van der Waals surface area (Å²) >= 11 is 1.62. The second-order valence-corrected chi connectivity index (χ2v) is 5.56. The van der Waals surface area contributed by atoms with Gasteiger partial charge >= 0.3 is 5.97 Å². The fourth-order valence-electron chi connectivity index (χ4n) is 1.68. The summed E-state index contributed by atoms with van der Waals surface area (Å²) in [5, 5.41) is 14.7. The number of thioether (sulfide) groups is 1. The second kappa shape index (κ2) is 5.05. The molecule has 1 amide bonds. The van der Waals surface area contributed by atoms with E-state index in [-0.39, 0.29) is 11.3 Å². The number of carboxylic acids is 1. The first-order valence-corrected chi connectivity index (χ1v) is 6.60. The van der Waals surface area contributed by atoms with Crippen molar-refractivity contribution in [1.29, 1.82) is 0 Å². The van der Waals surface area contributed by atoms with E-state index in [2.05, 4.69) is 10.6 Å². The van der Waals surface area contributed by atoms with Crippen molar-refractivity contribution >= 4 is 23.6 Å². The predicted octanol–water partition coefficient (Wildman–Crippen LogP) is 0.161. The molecule has 5 nitrogen and oxygen atoms in total.